The lowest BCUT2D eigenvalue weighted by Gasteiger charge is -2.30. The smallest absolute Gasteiger partial charge is 0.408 e. The Labute approximate surface area is 90.3 Å². The van der Waals surface area contributed by atoms with Gasteiger partial charge in [-0.3, -0.25) is 0 Å². The molecule has 0 radical (unpaired) electrons. The third-order valence-corrected chi connectivity index (χ3v) is 2.11. The van der Waals surface area contributed by atoms with Crippen molar-refractivity contribution in [1.82, 2.24) is 5.32 Å². The fraction of sp³-hybridized carbons (Fsp3) is 0.900. The first kappa shape index (κ1) is 12.3. The predicted octanol–water partition coefficient (Wildman–Crippen LogP) is 0.627. The van der Waals surface area contributed by atoms with Crippen LogP contribution in [0.5, 0.6) is 0 Å². The van der Waals surface area contributed by atoms with Crippen LogP contribution in [0, 0.1) is 0 Å². The lowest BCUT2D eigenvalue weighted by molar-refractivity contribution is 0.0299. The zero-order valence-corrected chi connectivity index (χ0v) is 9.58. The van der Waals surface area contributed by atoms with Crippen LogP contribution >= 0.6 is 0 Å². The summed E-state index contributed by atoms with van der Waals surface area (Å²) in [6.07, 6.45) is 0.328. The maximum Gasteiger partial charge on any atom is 0.408 e. The highest BCUT2D eigenvalue weighted by molar-refractivity contribution is 5.68. The van der Waals surface area contributed by atoms with E-state index in [1.165, 1.54) is 0 Å². The summed E-state index contributed by atoms with van der Waals surface area (Å²) in [5.74, 6) is 0. The molecule has 0 aliphatic carbocycles. The number of alkyl carbamates (subject to hydrolysis) is 1. The summed E-state index contributed by atoms with van der Waals surface area (Å²) >= 11 is 0. The quantitative estimate of drug-likeness (QED) is 0.674. The number of hydrogen-bond acceptors (Lipinski definition) is 4. The second-order valence-electron chi connectivity index (χ2n) is 4.78. The summed E-state index contributed by atoms with van der Waals surface area (Å²) in [7, 11) is 0. The van der Waals surface area contributed by atoms with Crippen molar-refractivity contribution in [3.63, 3.8) is 0 Å². The van der Waals surface area contributed by atoms with Gasteiger partial charge in [0.25, 0.3) is 0 Å². The molecule has 1 unspecified atom stereocenters. The Morgan fingerprint density at radius 1 is 1.53 bits per heavy atom. The topological polar surface area (TPSA) is 73.6 Å². The highest BCUT2D eigenvalue weighted by Gasteiger charge is 2.26. The molecule has 0 aromatic carbocycles. The van der Waals surface area contributed by atoms with E-state index in [9.17, 15) is 4.79 Å². The van der Waals surface area contributed by atoms with Gasteiger partial charge in [0, 0.05) is 12.6 Å². The summed E-state index contributed by atoms with van der Waals surface area (Å²) in [5.41, 5.74) is 5.36. The summed E-state index contributed by atoms with van der Waals surface area (Å²) in [4.78, 5) is 11.4. The van der Waals surface area contributed by atoms with Crippen molar-refractivity contribution < 1.29 is 14.3 Å². The molecule has 88 valence electrons. The van der Waals surface area contributed by atoms with Crippen LogP contribution in [0.15, 0.2) is 0 Å². The first-order valence-electron chi connectivity index (χ1n) is 5.21. The van der Waals surface area contributed by atoms with Gasteiger partial charge in [-0.15, -0.1) is 0 Å². The minimum Gasteiger partial charge on any atom is -0.444 e. The van der Waals surface area contributed by atoms with Crippen molar-refractivity contribution in [2.24, 2.45) is 5.73 Å². The van der Waals surface area contributed by atoms with E-state index in [2.05, 4.69) is 5.32 Å². The van der Waals surface area contributed by atoms with Gasteiger partial charge >= 0.3 is 6.09 Å². The number of carbonyl (C=O) groups is 1. The van der Waals surface area contributed by atoms with Gasteiger partial charge in [0.05, 0.1) is 12.6 Å². The number of ether oxygens (including phenoxy) is 2. The fourth-order valence-electron chi connectivity index (χ4n) is 1.36. The van der Waals surface area contributed by atoms with Crippen molar-refractivity contribution in [3.8, 4) is 0 Å². The van der Waals surface area contributed by atoms with Crippen molar-refractivity contribution in [3.05, 3.63) is 0 Å². The molecule has 1 rings (SSSR count). The van der Waals surface area contributed by atoms with Crippen molar-refractivity contribution in [1.29, 1.82) is 0 Å². The molecule has 0 aromatic heterocycles. The summed E-state index contributed by atoms with van der Waals surface area (Å²) < 4.78 is 10.4. The van der Waals surface area contributed by atoms with E-state index in [0.717, 1.165) is 6.42 Å². The van der Waals surface area contributed by atoms with Gasteiger partial charge in [-0.1, -0.05) is 0 Å². The van der Waals surface area contributed by atoms with E-state index in [4.69, 9.17) is 15.2 Å². The van der Waals surface area contributed by atoms with Crippen LogP contribution in [0.2, 0.25) is 0 Å². The number of rotatable bonds is 1. The Morgan fingerprint density at radius 3 is 2.73 bits per heavy atom. The van der Waals surface area contributed by atoms with Crippen LogP contribution in [0.1, 0.15) is 27.2 Å². The molecule has 1 fully saturated rings. The van der Waals surface area contributed by atoms with E-state index >= 15 is 0 Å². The molecule has 1 amide bonds. The van der Waals surface area contributed by atoms with Gasteiger partial charge in [0.15, 0.2) is 0 Å². The lowest BCUT2D eigenvalue weighted by Crippen LogP contribution is -2.54. The molecule has 15 heavy (non-hydrogen) atoms. The molecule has 1 saturated heterocycles. The van der Waals surface area contributed by atoms with Gasteiger partial charge in [0.1, 0.15) is 5.60 Å². The van der Waals surface area contributed by atoms with Gasteiger partial charge < -0.3 is 20.5 Å². The van der Waals surface area contributed by atoms with Gasteiger partial charge in [-0.2, -0.15) is 0 Å². The van der Waals surface area contributed by atoms with E-state index in [1.54, 1.807) is 0 Å². The predicted molar refractivity (Wildman–Crippen MR) is 56.6 cm³/mol. The molecule has 5 nitrogen and oxygen atoms in total. The maximum absolute atomic E-state index is 11.4. The first-order valence-corrected chi connectivity index (χ1v) is 5.21. The second kappa shape index (κ2) is 4.81. The molecule has 3 N–H and O–H groups in total. The number of nitrogens with two attached hydrogens (primary N) is 1. The average molecular weight is 216 g/mol. The normalized spacial score (nSPS) is 27.2. The van der Waals surface area contributed by atoms with Crippen molar-refractivity contribution >= 4 is 6.09 Å². The van der Waals surface area contributed by atoms with E-state index in [1.807, 2.05) is 20.8 Å². The molecular weight excluding hydrogens is 196 g/mol. The molecule has 2 atom stereocenters. The standard InChI is InChI=1S/C10H20N2O3/c1-10(2,3)15-9(13)12-8-6-14-5-4-7(8)11/h7-8H,4-6,11H2,1-3H3,(H,12,13)/t7-,8?/m1/s1. The Balaban J connectivity index is 2.36. The molecule has 5 heteroatoms. The molecule has 1 heterocycles. The lowest BCUT2D eigenvalue weighted by atomic mass is 10.1. The molecule has 1 aliphatic heterocycles. The Bertz CT molecular complexity index is 225. The Morgan fingerprint density at radius 2 is 2.20 bits per heavy atom. The molecule has 0 bridgehead atoms. The minimum atomic E-state index is -0.482. The highest BCUT2D eigenvalue weighted by atomic mass is 16.6. The molecule has 0 spiro atoms. The van der Waals surface area contributed by atoms with Crippen LogP contribution in [-0.4, -0.2) is 37.0 Å². The van der Waals surface area contributed by atoms with E-state index in [0.29, 0.717) is 13.2 Å². The number of nitrogens with one attached hydrogen (secondary N) is 1. The van der Waals surface area contributed by atoms with Gasteiger partial charge in [0.2, 0.25) is 0 Å². The highest BCUT2D eigenvalue weighted by Crippen LogP contribution is 2.09. The van der Waals surface area contributed by atoms with Crippen LogP contribution in [0.25, 0.3) is 0 Å². The molecule has 0 saturated carbocycles. The zero-order chi connectivity index (χ0) is 11.5. The van der Waals surface area contributed by atoms with Crippen LogP contribution in [0.3, 0.4) is 0 Å². The largest absolute Gasteiger partial charge is 0.444 e. The fourth-order valence-corrected chi connectivity index (χ4v) is 1.36. The zero-order valence-electron chi connectivity index (χ0n) is 9.58. The van der Waals surface area contributed by atoms with Gasteiger partial charge in [-0.05, 0) is 27.2 Å². The third kappa shape index (κ3) is 4.48. The monoisotopic (exact) mass is 216 g/mol. The number of hydrogen-bond donors (Lipinski definition) is 2. The van der Waals surface area contributed by atoms with Crippen LogP contribution in [0.4, 0.5) is 4.79 Å². The molecular formula is C10H20N2O3. The SMILES string of the molecule is CC(C)(C)OC(=O)NC1COCC[C@H]1N. The molecule has 0 aromatic rings. The number of amides is 1. The number of carbonyl (C=O) groups excluding carboxylic acids is 1. The maximum atomic E-state index is 11.4. The van der Waals surface area contributed by atoms with Crippen molar-refractivity contribution in [2.75, 3.05) is 13.2 Å². The molecule has 1 aliphatic rings. The van der Waals surface area contributed by atoms with Crippen molar-refractivity contribution in [2.45, 2.75) is 44.9 Å². The van der Waals surface area contributed by atoms with Gasteiger partial charge in [-0.25, -0.2) is 4.79 Å². The Kier molecular flexibility index (Phi) is 3.93. The first-order chi connectivity index (χ1) is 6.88. The Hall–Kier alpha value is -0.810. The summed E-state index contributed by atoms with van der Waals surface area (Å²) in [6.45, 7) is 6.59. The van der Waals surface area contributed by atoms with E-state index in [-0.39, 0.29) is 12.1 Å². The van der Waals surface area contributed by atoms with Crippen LogP contribution in [-0.2, 0) is 9.47 Å². The minimum absolute atomic E-state index is 0.0498. The summed E-state index contributed by atoms with van der Waals surface area (Å²) in [5, 5.41) is 2.71. The summed E-state index contributed by atoms with van der Waals surface area (Å²) in [6, 6.07) is -0.195. The third-order valence-electron chi connectivity index (χ3n) is 2.11. The second-order valence-corrected chi connectivity index (χ2v) is 4.78. The van der Waals surface area contributed by atoms with E-state index < -0.39 is 11.7 Å². The average Bonchev–Trinajstić information content (AvgIpc) is 2.05. The van der Waals surface area contributed by atoms with Crippen LogP contribution < -0.4 is 11.1 Å².